The SMILES string of the molecule is O=C1CCCC(N2CCCN(CCO)CC2)C1. The first-order valence-electron chi connectivity index (χ1n) is 6.88. The largest absolute Gasteiger partial charge is 0.395 e. The minimum absolute atomic E-state index is 0.252. The van der Waals surface area contributed by atoms with Gasteiger partial charge in [0.2, 0.25) is 0 Å². The van der Waals surface area contributed by atoms with E-state index >= 15 is 0 Å². The number of Topliss-reactive ketones (excluding diaryl/α,β-unsaturated/α-hetero) is 1. The van der Waals surface area contributed by atoms with Crippen molar-refractivity contribution in [1.29, 1.82) is 0 Å². The van der Waals surface area contributed by atoms with Crippen molar-refractivity contribution in [3.05, 3.63) is 0 Å². The van der Waals surface area contributed by atoms with E-state index in [1.54, 1.807) is 0 Å². The van der Waals surface area contributed by atoms with E-state index in [1.165, 1.54) is 6.42 Å². The van der Waals surface area contributed by atoms with Gasteiger partial charge in [0, 0.05) is 38.5 Å². The molecule has 2 rings (SSSR count). The summed E-state index contributed by atoms with van der Waals surface area (Å²) in [5, 5.41) is 8.96. The van der Waals surface area contributed by atoms with Gasteiger partial charge < -0.3 is 5.11 Å². The van der Waals surface area contributed by atoms with Crippen molar-refractivity contribution < 1.29 is 9.90 Å². The molecule has 17 heavy (non-hydrogen) atoms. The van der Waals surface area contributed by atoms with E-state index in [-0.39, 0.29) is 6.61 Å². The van der Waals surface area contributed by atoms with Gasteiger partial charge in [0.15, 0.2) is 0 Å². The molecule has 0 bridgehead atoms. The van der Waals surface area contributed by atoms with Gasteiger partial charge in [0.05, 0.1) is 6.61 Å². The van der Waals surface area contributed by atoms with Gasteiger partial charge in [-0.05, 0) is 32.4 Å². The molecule has 0 amide bonds. The Balaban J connectivity index is 1.83. The van der Waals surface area contributed by atoms with Crippen molar-refractivity contribution in [3.63, 3.8) is 0 Å². The van der Waals surface area contributed by atoms with Gasteiger partial charge in [-0.15, -0.1) is 0 Å². The summed E-state index contributed by atoms with van der Waals surface area (Å²) in [6.07, 6.45) is 4.97. The molecule has 2 fully saturated rings. The van der Waals surface area contributed by atoms with Crippen molar-refractivity contribution in [2.24, 2.45) is 0 Å². The Kier molecular flexibility index (Phi) is 4.95. The van der Waals surface area contributed by atoms with Gasteiger partial charge in [0.25, 0.3) is 0 Å². The van der Waals surface area contributed by atoms with Crippen LogP contribution in [0.2, 0.25) is 0 Å². The van der Waals surface area contributed by atoms with E-state index in [0.717, 1.165) is 58.4 Å². The quantitative estimate of drug-likeness (QED) is 0.780. The first kappa shape index (κ1) is 13.0. The highest BCUT2D eigenvalue weighted by molar-refractivity contribution is 5.79. The average Bonchev–Trinajstić information content (AvgIpc) is 2.55. The number of hydrogen-bond acceptors (Lipinski definition) is 4. The van der Waals surface area contributed by atoms with Crippen LogP contribution in [-0.2, 0) is 4.79 Å². The Bertz CT molecular complexity index is 258. The molecule has 4 heteroatoms. The van der Waals surface area contributed by atoms with Gasteiger partial charge in [0.1, 0.15) is 5.78 Å². The fourth-order valence-corrected chi connectivity index (χ4v) is 3.03. The molecule has 4 nitrogen and oxygen atoms in total. The summed E-state index contributed by atoms with van der Waals surface area (Å²) in [7, 11) is 0. The third-order valence-electron chi connectivity index (χ3n) is 4.01. The fourth-order valence-electron chi connectivity index (χ4n) is 3.03. The van der Waals surface area contributed by atoms with Crippen LogP contribution in [0.4, 0.5) is 0 Å². The van der Waals surface area contributed by atoms with E-state index in [2.05, 4.69) is 9.80 Å². The Morgan fingerprint density at radius 2 is 2.06 bits per heavy atom. The lowest BCUT2D eigenvalue weighted by molar-refractivity contribution is -0.122. The molecule has 98 valence electrons. The summed E-state index contributed by atoms with van der Waals surface area (Å²) < 4.78 is 0. The lowest BCUT2D eigenvalue weighted by Crippen LogP contribution is -2.41. The van der Waals surface area contributed by atoms with Crippen LogP contribution in [0.3, 0.4) is 0 Å². The Morgan fingerprint density at radius 3 is 2.82 bits per heavy atom. The number of aliphatic hydroxyl groups is 1. The molecule has 1 unspecified atom stereocenters. The molecule has 1 heterocycles. The Labute approximate surface area is 104 Å². The zero-order chi connectivity index (χ0) is 12.1. The van der Waals surface area contributed by atoms with Crippen LogP contribution in [0.15, 0.2) is 0 Å². The maximum absolute atomic E-state index is 11.5. The number of β-amino-alcohol motifs (C(OH)–C–C–N with tert-alkyl or cyclic N) is 1. The molecule has 0 aromatic rings. The monoisotopic (exact) mass is 240 g/mol. The van der Waals surface area contributed by atoms with Crippen LogP contribution in [-0.4, -0.2) is 66.1 Å². The molecule has 0 spiro atoms. The molecule has 1 aliphatic heterocycles. The number of hydrogen-bond donors (Lipinski definition) is 1. The van der Waals surface area contributed by atoms with Crippen LogP contribution in [0, 0.1) is 0 Å². The highest BCUT2D eigenvalue weighted by Gasteiger charge is 2.26. The highest BCUT2D eigenvalue weighted by Crippen LogP contribution is 2.21. The van der Waals surface area contributed by atoms with Crippen molar-refractivity contribution in [2.45, 2.75) is 38.1 Å². The summed E-state index contributed by atoms with van der Waals surface area (Å²) in [5.41, 5.74) is 0. The van der Waals surface area contributed by atoms with Crippen LogP contribution in [0.25, 0.3) is 0 Å². The lowest BCUT2D eigenvalue weighted by Gasteiger charge is -2.32. The van der Waals surface area contributed by atoms with Crippen LogP contribution >= 0.6 is 0 Å². The maximum Gasteiger partial charge on any atom is 0.134 e. The molecule has 1 saturated carbocycles. The smallest absolute Gasteiger partial charge is 0.134 e. The number of aliphatic hydroxyl groups excluding tert-OH is 1. The second kappa shape index (κ2) is 6.47. The topological polar surface area (TPSA) is 43.8 Å². The normalized spacial score (nSPS) is 29.2. The second-order valence-electron chi connectivity index (χ2n) is 5.24. The molecule has 2 aliphatic rings. The van der Waals surface area contributed by atoms with Gasteiger partial charge in [-0.2, -0.15) is 0 Å². The third-order valence-corrected chi connectivity index (χ3v) is 4.01. The first-order chi connectivity index (χ1) is 8.29. The first-order valence-corrected chi connectivity index (χ1v) is 6.88. The van der Waals surface area contributed by atoms with E-state index in [4.69, 9.17) is 5.11 Å². The van der Waals surface area contributed by atoms with Crippen LogP contribution in [0.1, 0.15) is 32.1 Å². The van der Waals surface area contributed by atoms with Gasteiger partial charge in [-0.25, -0.2) is 0 Å². The highest BCUT2D eigenvalue weighted by atomic mass is 16.3. The molecule has 1 aliphatic carbocycles. The summed E-state index contributed by atoms with van der Waals surface area (Å²) in [6, 6.07) is 0.491. The summed E-state index contributed by atoms with van der Waals surface area (Å²) in [6.45, 7) is 5.32. The molecule has 1 saturated heterocycles. The van der Waals surface area contributed by atoms with Crippen LogP contribution in [0.5, 0.6) is 0 Å². The lowest BCUT2D eigenvalue weighted by atomic mass is 9.93. The molecule has 0 aromatic carbocycles. The number of nitrogens with zero attached hydrogens (tertiary/aromatic N) is 2. The average molecular weight is 240 g/mol. The van der Waals surface area contributed by atoms with Crippen LogP contribution < -0.4 is 0 Å². The molecular formula is C13H24N2O2. The zero-order valence-electron chi connectivity index (χ0n) is 10.6. The summed E-state index contributed by atoms with van der Waals surface area (Å²) in [5.74, 6) is 0.442. The van der Waals surface area contributed by atoms with Gasteiger partial charge >= 0.3 is 0 Å². The Morgan fingerprint density at radius 1 is 1.18 bits per heavy atom. The van der Waals surface area contributed by atoms with E-state index in [9.17, 15) is 4.79 Å². The van der Waals surface area contributed by atoms with Crippen molar-refractivity contribution >= 4 is 5.78 Å². The van der Waals surface area contributed by atoms with E-state index in [0.29, 0.717) is 11.8 Å². The molecule has 1 atom stereocenters. The van der Waals surface area contributed by atoms with E-state index < -0.39 is 0 Å². The van der Waals surface area contributed by atoms with Crippen molar-refractivity contribution in [2.75, 3.05) is 39.3 Å². The van der Waals surface area contributed by atoms with E-state index in [1.807, 2.05) is 0 Å². The third kappa shape index (κ3) is 3.76. The minimum atomic E-state index is 0.252. The number of ketones is 1. The van der Waals surface area contributed by atoms with Gasteiger partial charge in [-0.1, -0.05) is 0 Å². The minimum Gasteiger partial charge on any atom is -0.395 e. The molecule has 0 aromatic heterocycles. The van der Waals surface area contributed by atoms with Crippen molar-refractivity contribution in [1.82, 2.24) is 9.80 Å². The number of carbonyl (C=O) groups excluding carboxylic acids is 1. The summed E-state index contributed by atoms with van der Waals surface area (Å²) >= 11 is 0. The predicted octanol–water partition coefficient (Wildman–Crippen LogP) is 0.498. The standard InChI is InChI=1S/C13H24N2O2/c16-10-9-14-5-2-6-15(8-7-14)12-3-1-4-13(17)11-12/h12,16H,1-11H2. The fraction of sp³-hybridized carbons (Fsp3) is 0.923. The second-order valence-corrected chi connectivity index (χ2v) is 5.24. The zero-order valence-corrected chi connectivity index (χ0v) is 10.6. The molecule has 0 radical (unpaired) electrons. The maximum atomic E-state index is 11.5. The molecular weight excluding hydrogens is 216 g/mol. The van der Waals surface area contributed by atoms with Gasteiger partial charge in [-0.3, -0.25) is 14.6 Å². The number of carbonyl (C=O) groups is 1. The molecule has 1 N–H and O–H groups in total. The number of rotatable bonds is 3. The predicted molar refractivity (Wildman–Crippen MR) is 67.0 cm³/mol. The summed E-state index contributed by atoms with van der Waals surface area (Å²) in [4.78, 5) is 16.3. The Hall–Kier alpha value is -0.450. The van der Waals surface area contributed by atoms with Crippen molar-refractivity contribution in [3.8, 4) is 0 Å².